The molecule has 3 aromatic rings. The number of benzene rings is 3. The molecule has 0 amide bonds. The molecule has 0 aromatic heterocycles. The van der Waals surface area contributed by atoms with E-state index < -0.39 is 12.1 Å². The summed E-state index contributed by atoms with van der Waals surface area (Å²) in [5, 5.41) is 9.26. The molecule has 31 heavy (non-hydrogen) atoms. The van der Waals surface area contributed by atoms with Gasteiger partial charge in [-0.05, 0) is 65.9 Å². The quantitative estimate of drug-likeness (QED) is 0.412. The van der Waals surface area contributed by atoms with E-state index in [4.69, 9.17) is 9.47 Å². The van der Waals surface area contributed by atoms with Gasteiger partial charge in [0.1, 0.15) is 11.9 Å². The number of carboxylic acid groups (broad SMARTS) is 1. The summed E-state index contributed by atoms with van der Waals surface area (Å²) in [6, 6.07) is 24.0. The lowest BCUT2D eigenvalue weighted by Crippen LogP contribution is -2.26. The molecule has 1 N–H and O–H groups in total. The Balaban J connectivity index is 1.76. The Bertz CT molecular complexity index is 1010. The number of carboxylic acids is 1. The first-order valence-electron chi connectivity index (χ1n) is 10.4. The summed E-state index contributed by atoms with van der Waals surface area (Å²) in [4.78, 5) is 11.3. The van der Waals surface area contributed by atoms with E-state index in [-0.39, 0.29) is 6.10 Å². The number of hydrogen-bond donors (Lipinski definition) is 1. The van der Waals surface area contributed by atoms with Crippen molar-refractivity contribution in [1.82, 2.24) is 0 Å². The molecule has 0 unspecified atom stereocenters. The van der Waals surface area contributed by atoms with Gasteiger partial charge in [-0.2, -0.15) is 0 Å². The van der Waals surface area contributed by atoms with Gasteiger partial charge in [0, 0.05) is 13.0 Å². The second-order valence-corrected chi connectivity index (χ2v) is 7.34. The van der Waals surface area contributed by atoms with Crippen LogP contribution in [0.25, 0.3) is 11.1 Å². The van der Waals surface area contributed by atoms with E-state index in [1.165, 1.54) is 11.1 Å². The van der Waals surface area contributed by atoms with E-state index in [1.54, 1.807) is 13.0 Å². The first kappa shape index (κ1) is 22.3. The maximum Gasteiger partial charge on any atom is 0.333 e. The van der Waals surface area contributed by atoms with Crippen LogP contribution in [0.5, 0.6) is 5.75 Å². The maximum atomic E-state index is 11.3. The van der Waals surface area contributed by atoms with Crippen molar-refractivity contribution in [1.29, 1.82) is 0 Å². The lowest BCUT2D eigenvalue weighted by Gasteiger charge is -2.18. The molecule has 160 valence electrons. The van der Waals surface area contributed by atoms with Crippen LogP contribution in [0.1, 0.15) is 29.7 Å². The van der Waals surface area contributed by atoms with E-state index in [0.717, 1.165) is 16.7 Å². The van der Waals surface area contributed by atoms with E-state index >= 15 is 0 Å². The Kier molecular flexibility index (Phi) is 7.63. The smallest absolute Gasteiger partial charge is 0.333 e. The van der Waals surface area contributed by atoms with Crippen LogP contribution >= 0.6 is 0 Å². The molecular formula is C27H28O4. The number of aliphatic carboxylic acids is 1. The van der Waals surface area contributed by atoms with E-state index in [1.807, 2.05) is 42.5 Å². The summed E-state index contributed by atoms with van der Waals surface area (Å²) in [5.41, 5.74) is 5.43. The predicted octanol–water partition coefficient (Wildman–Crippen LogP) is 6.00. The molecule has 0 saturated heterocycles. The van der Waals surface area contributed by atoms with Crippen LogP contribution in [-0.4, -0.2) is 23.8 Å². The molecule has 0 radical (unpaired) electrons. The fraction of sp³-hybridized carbons (Fsp3) is 0.222. The molecule has 0 aliphatic rings. The number of rotatable bonds is 10. The van der Waals surface area contributed by atoms with Crippen molar-refractivity contribution in [3.05, 3.63) is 102 Å². The Labute approximate surface area is 183 Å². The average Bonchev–Trinajstić information content (AvgIpc) is 2.79. The van der Waals surface area contributed by atoms with Gasteiger partial charge in [0.05, 0.1) is 0 Å². The molecule has 0 aliphatic carbocycles. The monoisotopic (exact) mass is 416 g/mol. The van der Waals surface area contributed by atoms with Gasteiger partial charge in [-0.15, -0.1) is 0 Å². The van der Waals surface area contributed by atoms with Crippen molar-refractivity contribution in [2.24, 2.45) is 0 Å². The molecule has 0 aliphatic heterocycles. The standard InChI is InChI=1S/C27H28O4/c1-4-25(22-14-11-19(3)24(18-22)21-9-7-6-8-10-21)31-23-15-12-20(13-16-23)17-26(27(28)29)30-5-2/h4,6-16,18,25-26H,1,5,17H2,2-3H3,(H,28,29)/t25-,26-/m0/s1. The Hall–Kier alpha value is -3.37. The van der Waals surface area contributed by atoms with E-state index in [9.17, 15) is 9.90 Å². The van der Waals surface area contributed by atoms with Crippen molar-refractivity contribution >= 4 is 5.97 Å². The van der Waals surface area contributed by atoms with Gasteiger partial charge in [0.2, 0.25) is 0 Å². The molecule has 4 heteroatoms. The van der Waals surface area contributed by atoms with Crippen LogP contribution in [0.3, 0.4) is 0 Å². The molecule has 0 fully saturated rings. The van der Waals surface area contributed by atoms with Crippen LogP contribution in [0.2, 0.25) is 0 Å². The van der Waals surface area contributed by atoms with Crippen molar-refractivity contribution in [3.8, 4) is 16.9 Å². The highest BCUT2D eigenvalue weighted by Gasteiger charge is 2.18. The van der Waals surface area contributed by atoms with Gasteiger partial charge >= 0.3 is 5.97 Å². The fourth-order valence-electron chi connectivity index (χ4n) is 3.48. The summed E-state index contributed by atoms with van der Waals surface area (Å²) >= 11 is 0. The van der Waals surface area contributed by atoms with Gasteiger partial charge in [-0.1, -0.05) is 61.2 Å². The molecule has 0 heterocycles. The molecular weight excluding hydrogens is 388 g/mol. The second kappa shape index (κ2) is 10.6. The van der Waals surface area contributed by atoms with Crippen molar-refractivity contribution < 1.29 is 19.4 Å². The maximum absolute atomic E-state index is 11.3. The van der Waals surface area contributed by atoms with Crippen LogP contribution in [0, 0.1) is 6.92 Å². The van der Waals surface area contributed by atoms with Crippen molar-refractivity contribution in [2.45, 2.75) is 32.5 Å². The molecule has 0 spiro atoms. The Morgan fingerprint density at radius 2 is 1.77 bits per heavy atom. The normalized spacial score (nSPS) is 12.7. The third-order valence-corrected chi connectivity index (χ3v) is 5.14. The summed E-state index contributed by atoms with van der Waals surface area (Å²) in [7, 11) is 0. The first-order valence-corrected chi connectivity index (χ1v) is 10.4. The minimum Gasteiger partial charge on any atom is -0.482 e. The topological polar surface area (TPSA) is 55.8 Å². The van der Waals surface area contributed by atoms with Crippen molar-refractivity contribution in [3.63, 3.8) is 0 Å². The summed E-state index contributed by atoms with van der Waals surface area (Å²) in [6.45, 7) is 8.20. The Morgan fingerprint density at radius 3 is 2.39 bits per heavy atom. The van der Waals surface area contributed by atoms with Crippen LogP contribution in [0.4, 0.5) is 0 Å². The number of ether oxygens (including phenoxy) is 2. The van der Waals surface area contributed by atoms with Gasteiger partial charge in [-0.3, -0.25) is 0 Å². The minimum atomic E-state index is -0.956. The van der Waals surface area contributed by atoms with Gasteiger partial charge < -0.3 is 14.6 Å². The predicted molar refractivity (Wildman–Crippen MR) is 123 cm³/mol. The van der Waals surface area contributed by atoms with E-state index in [2.05, 4.69) is 43.8 Å². The van der Waals surface area contributed by atoms with Gasteiger partial charge in [-0.25, -0.2) is 4.79 Å². The highest BCUT2D eigenvalue weighted by molar-refractivity contribution is 5.72. The third-order valence-electron chi connectivity index (χ3n) is 5.14. The minimum absolute atomic E-state index is 0.302. The number of carbonyl (C=O) groups is 1. The number of hydrogen-bond acceptors (Lipinski definition) is 3. The first-order chi connectivity index (χ1) is 15.0. The van der Waals surface area contributed by atoms with Gasteiger partial charge in [0.25, 0.3) is 0 Å². The third kappa shape index (κ3) is 5.83. The number of aryl methyl sites for hydroxylation is 1. The second-order valence-electron chi connectivity index (χ2n) is 7.34. The van der Waals surface area contributed by atoms with Crippen LogP contribution < -0.4 is 4.74 Å². The van der Waals surface area contributed by atoms with Gasteiger partial charge in [0.15, 0.2) is 6.10 Å². The van der Waals surface area contributed by atoms with Crippen molar-refractivity contribution in [2.75, 3.05) is 6.61 Å². The lowest BCUT2D eigenvalue weighted by atomic mass is 9.96. The SMILES string of the molecule is C=C[C@H](Oc1ccc(C[C@H](OCC)C(=O)O)cc1)c1ccc(C)c(-c2ccccc2)c1. The summed E-state index contributed by atoms with van der Waals surface area (Å²) in [5.74, 6) is -0.263. The highest BCUT2D eigenvalue weighted by Crippen LogP contribution is 2.30. The molecule has 0 bridgehead atoms. The summed E-state index contributed by atoms with van der Waals surface area (Å²) < 4.78 is 11.5. The van der Waals surface area contributed by atoms with Crippen LogP contribution in [-0.2, 0) is 16.0 Å². The zero-order chi connectivity index (χ0) is 22.2. The summed E-state index contributed by atoms with van der Waals surface area (Å²) in [6.07, 6.45) is 0.945. The zero-order valence-electron chi connectivity index (χ0n) is 18.0. The molecule has 3 rings (SSSR count). The highest BCUT2D eigenvalue weighted by atomic mass is 16.5. The molecule has 4 nitrogen and oxygen atoms in total. The van der Waals surface area contributed by atoms with E-state index in [0.29, 0.717) is 18.8 Å². The largest absolute Gasteiger partial charge is 0.482 e. The molecule has 0 saturated carbocycles. The molecule has 3 aromatic carbocycles. The fourth-order valence-corrected chi connectivity index (χ4v) is 3.48. The van der Waals surface area contributed by atoms with Crippen LogP contribution in [0.15, 0.2) is 85.5 Å². The lowest BCUT2D eigenvalue weighted by molar-refractivity contribution is -0.149. The average molecular weight is 417 g/mol. The molecule has 2 atom stereocenters. The Morgan fingerprint density at radius 1 is 1.06 bits per heavy atom. The zero-order valence-corrected chi connectivity index (χ0v) is 18.0.